The van der Waals surface area contributed by atoms with E-state index in [2.05, 4.69) is 29.3 Å². The third-order valence-electron chi connectivity index (χ3n) is 5.25. The summed E-state index contributed by atoms with van der Waals surface area (Å²) in [5.74, 6) is 0.0388. The van der Waals surface area contributed by atoms with Gasteiger partial charge in [-0.2, -0.15) is 5.10 Å². The number of fused-ring (bicyclic) bond motifs is 1. The molecule has 1 aliphatic rings. The first-order valence-electron chi connectivity index (χ1n) is 8.89. The van der Waals surface area contributed by atoms with Gasteiger partial charge in [0, 0.05) is 28.4 Å². The third-order valence-corrected chi connectivity index (χ3v) is 5.96. The number of amides is 1. The summed E-state index contributed by atoms with van der Waals surface area (Å²) in [4.78, 5) is 14.9. The van der Waals surface area contributed by atoms with Gasteiger partial charge in [0.2, 0.25) is 5.91 Å². The Kier molecular flexibility index (Phi) is 4.94. The second-order valence-corrected chi connectivity index (χ2v) is 7.56. The highest BCUT2D eigenvalue weighted by atomic mass is 35.5. The minimum absolute atomic E-state index is 0.00522. The molecule has 0 bridgehead atoms. The Morgan fingerprint density at radius 1 is 1.22 bits per heavy atom. The average Bonchev–Trinajstić information content (AvgIpc) is 3.19. The maximum Gasteiger partial charge on any atom is 0.227 e. The monoisotopic (exact) mass is 399 g/mol. The maximum atomic E-state index is 13.0. The molecule has 1 atom stereocenters. The van der Waals surface area contributed by atoms with Gasteiger partial charge in [0.05, 0.1) is 18.7 Å². The fourth-order valence-electron chi connectivity index (χ4n) is 3.83. The summed E-state index contributed by atoms with van der Waals surface area (Å²) >= 11 is 12.5. The predicted octanol–water partition coefficient (Wildman–Crippen LogP) is 5.07. The Labute approximate surface area is 168 Å². The van der Waals surface area contributed by atoms with Crippen LogP contribution in [0.4, 0.5) is 0 Å². The molecule has 138 valence electrons. The van der Waals surface area contributed by atoms with Crippen molar-refractivity contribution in [2.45, 2.75) is 25.8 Å². The smallest absolute Gasteiger partial charge is 0.227 e. The molecule has 6 heteroatoms. The number of aromatic nitrogens is 2. The number of hydrogen-bond acceptors (Lipinski definition) is 2. The van der Waals surface area contributed by atoms with Gasteiger partial charge in [0.15, 0.2) is 0 Å². The quantitative estimate of drug-likeness (QED) is 0.667. The van der Waals surface area contributed by atoms with Gasteiger partial charge in [-0.3, -0.25) is 9.89 Å². The van der Waals surface area contributed by atoms with Crippen molar-refractivity contribution in [2.24, 2.45) is 0 Å². The van der Waals surface area contributed by atoms with Crippen molar-refractivity contribution in [2.75, 3.05) is 6.54 Å². The lowest BCUT2D eigenvalue weighted by atomic mass is 9.87. The van der Waals surface area contributed by atoms with Gasteiger partial charge in [0.25, 0.3) is 0 Å². The van der Waals surface area contributed by atoms with Crippen LogP contribution in [0.25, 0.3) is 11.1 Å². The zero-order valence-electron chi connectivity index (χ0n) is 14.9. The molecule has 0 saturated heterocycles. The van der Waals surface area contributed by atoms with Crippen LogP contribution in [0.1, 0.15) is 29.7 Å². The van der Waals surface area contributed by atoms with Crippen LogP contribution in [-0.2, 0) is 17.6 Å². The number of carbonyl (C=O) groups excluding carboxylic acids is 1. The molecule has 0 radical (unpaired) electrons. The van der Waals surface area contributed by atoms with E-state index < -0.39 is 0 Å². The van der Waals surface area contributed by atoms with E-state index in [-0.39, 0.29) is 18.4 Å². The van der Waals surface area contributed by atoms with Crippen molar-refractivity contribution < 1.29 is 4.79 Å². The topological polar surface area (TPSA) is 49.0 Å². The van der Waals surface area contributed by atoms with E-state index >= 15 is 0 Å². The average molecular weight is 400 g/mol. The second kappa shape index (κ2) is 7.37. The molecule has 2 heterocycles. The number of rotatable bonds is 3. The molecule has 3 aromatic rings. The van der Waals surface area contributed by atoms with Gasteiger partial charge < -0.3 is 4.90 Å². The molecule has 0 saturated carbocycles. The summed E-state index contributed by atoms with van der Waals surface area (Å²) in [5.41, 5.74) is 5.40. The van der Waals surface area contributed by atoms with Gasteiger partial charge >= 0.3 is 0 Å². The fourth-order valence-corrected chi connectivity index (χ4v) is 4.36. The summed E-state index contributed by atoms with van der Waals surface area (Å²) in [6.45, 7) is 2.74. The number of nitrogens with one attached hydrogen (secondary N) is 1. The first-order chi connectivity index (χ1) is 13.1. The summed E-state index contributed by atoms with van der Waals surface area (Å²) in [6.07, 6.45) is 4.75. The van der Waals surface area contributed by atoms with E-state index in [0.717, 1.165) is 12.0 Å². The Morgan fingerprint density at radius 3 is 2.67 bits per heavy atom. The highest BCUT2D eigenvalue weighted by Crippen LogP contribution is 2.36. The Morgan fingerprint density at radius 2 is 1.96 bits per heavy atom. The number of carbonyl (C=O) groups is 1. The number of nitrogens with zero attached hydrogens (tertiary/aromatic N) is 2. The van der Waals surface area contributed by atoms with E-state index in [9.17, 15) is 4.79 Å². The van der Waals surface area contributed by atoms with Crippen molar-refractivity contribution in [3.63, 3.8) is 0 Å². The largest absolute Gasteiger partial charge is 0.335 e. The Bertz CT molecular complexity index is 965. The molecule has 0 fully saturated rings. The zero-order valence-corrected chi connectivity index (χ0v) is 16.4. The van der Waals surface area contributed by atoms with Crippen LogP contribution in [0.15, 0.2) is 48.8 Å². The van der Waals surface area contributed by atoms with Gasteiger partial charge in [-0.1, -0.05) is 47.5 Å². The molecule has 1 N–H and O–H groups in total. The lowest BCUT2D eigenvalue weighted by molar-refractivity contribution is -0.133. The third kappa shape index (κ3) is 3.35. The van der Waals surface area contributed by atoms with Crippen LogP contribution in [0, 0.1) is 0 Å². The number of hydrogen-bond donors (Lipinski definition) is 1. The molecule has 1 amide bonds. The molecule has 1 aromatic heterocycles. The molecule has 2 aromatic carbocycles. The van der Waals surface area contributed by atoms with Crippen LogP contribution in [-0.4, -0.2) is 27.5 Å². The number of halogens is 2. The number of aromatic amines is 1. The SMILES string of the molecule is CC1c2cccc(-c3cn[nH]c3)c2CCN1C(=O)Cc1c(Cl)cccc1Cl. The van der Waals surface area contributed by atoms with Gasteiger partial charge in [-0.05, 0) is 47.7 Å². The second-order valence-electron chi connectivity index (χ2n) is 6.75. The first-order valence-corrected chi connectivity index (χ1v) is 9.65. The van der Waals surface area contributed by atoms with Crippen molar-refractivity contribution in [3.8, 4) is 11.1 Å². The summed E-state index contributed by atoms with van der Waals surface area (Å²) in [7, 11) is 0. The molecular formula is C21H19Cl2N3O. The lowest BCUT2D eigenvalue weighted by Gasteiger charge is -2.36. The van der Waals surface area contributed by atoms with Crippen LogP contribution < -0.4 is 0 Å². The van der Waals surface area contributed by atoms with E-state index in [4.69, 9.17) is 23.2 Å². The standard InChI is InChI=1S/C21H19Cl2N3O/c1-13-15-4-2-5-16(14-11-24-25-12-14)17(15)8-9-26(13)21(27)10-18-19(22)6-3-7-20(18)23/h2-7,11-13H,8-10H2,1H3,(H,24,25). The van der Waals surface area contributed by atoms with Crippen molar-refractivity contribution in [1.82, 2.24) is 15.1 Å². The molecule has 27 heavy (non-hydrogen) atoms. The fraction of sp³-hybridized carbons (Fsp3) is 0.238. The predicted molar refractivity (Wildman–Crippen MR) is 108 cm³/mol. The van der Waals surface area contributed by atoms with E-state index in [1.807, 2.05) is 23.4 Å². The summed E-state index contributed by atoms with van der Waals surface area (Å²) in [6, 6.07) is 11.6. The van der Waals surface area contributed by atoms with E-state index in [1.165, 1.54) is 16.7 Å². The molecule has 1 aliphatic heterocycles. The molecule has 4 rings (SSSR count). The highest BCUT2D eigenvalue weighted by molar-refractivity contribution is 6.36. The van der Waals surface area contributed by atoms with Gasteiger partial charge in [-0.15, -0.1) is 0 Å². The minimum atomic E-state index is -0.00522. The van der Waals surface area contributed by atoms with Crippen LogP contribution in [0.3, 0.4) is 0 Å². The lowest BCUT2D eigenvalue weighted by Crippen LogP contribution is -2.40. The Hall–Kier alpha value is -2.30. The Balaban J connectivity index is 1.61. The van der Waals surface area contributed by atoms with Crippen molar-refractivity contribution in [3.05, 3.63) is 75.5 Å². The van der Waals surface area contributed by atoms with E-state index in [1.54, 1.807) is 18.2 Å². The molecule has 0 aliphatic carbocycles. The van der Waals surface area contributed by atoms with Gasteiger partial charge in [0.1, 0.15) is 0 Å². The summed E-state index contributed by atoms with van der Waals surface area (Å²) < 4.78 is 0. The van der Waals surface area contributed by atoms with E-state index in [0.29, 0.717) is 22.2 Å². The molecule has 4 nitrogen and oxygen atoms in total. The molecular weight excluding hydrogens is 381 g/mol. The van der Waals surface area contributed by atoms with Crippen molar-refractivity contribution in [1.29, 1.82) is 0 Å². The molecule has 1 unspecified atom stereocenters. The number of H-pyrrole nitrogens is 1. The minimum Gasteiger partial charge on any atom is -0.335 e. The normalized spacial score (nSPS) is 16.3. The van der Waals surface area contributed by atoms with Gasteiger partial charge in [-0.25, -0.2) is 0 Å². The summed E-state index contributed by atoms with van der Waals surface area (Å²) in [5, 5.41) is 7.99. The first kappa shape index (κ1) is 18.1. The van der Waals surface area contributed by atoms with Crippen LogP contribution >= 0.6 is 23.2 Å². The maximum absolute atomic E-state index is 13.0. The molecule has 0 spiro atoms. The van der Waals surface area contributed by atoms with Crippen molar-refractivity contribution >= 4 is 29.1 Å². The number of benzene rings is 2. The highest BCUT2D eigenvalue weighted by Gasteiger charge is 2.29. The van der Waals surface area contributed by atoms with Crippen LogP contribution in [0.5, 0.6) is 0 Å². The zero-order chi connectivity index (χ0) is 19.0. The van der Waals surface area contributed by atoms with Crippen LogP contribution in [0.2, 0.25) is 10.0 Å².